The van der Waals surface area contributed by atoms with Crippen molar-refractivity contribution in [2.24, 2.45) is 5.92 Å². The zero-order valence-corrected chi connectivity index (χ0v) is 22.8. The molecule has 1 aliphatic heterocycles. The van der Waals surface area contributed by atoms with Crippen LogP contribution in [0.5, 0.6) is 0 Å². The lowest BCUT2D eigenvalue weighted by atomic mass is 10.1. The topological polar surface area (TPSA) is 61.7 Å². The summed E-state index contributed by atoms with van der Waals surface area (Å²) < 4.78 is 31.2. The lowest BCUT2D eigenvalue weighted by Gasteiger charge is -2.36. The number of nitrogens with zero attached hydrogens (tertiary/aromatic N) is 5. The van der Waals surface area contributed by atoms with Crippen LogP contribution in [-0.2, 0) is 16.6 Å². The smallest absolute Gasteiger partial charge is 0.243 e. The minimum absolute atomic E-state index is 0.298. The van der Waals surface area contributed by atoms with Crippen LogP contribution in [0.2, 0.25) is 0 Å². The number of anilines is 1. The number of para-hydroxylation sites is 1. The van der Waals surface area contributed by atoms with E-state index in [9.17, 15) is 8.42 Å². The van der Waals surface area contributed by atoms with Gasteiger partial charge in [0, 0.05) is 44.8 Å². The van der Waals surface area contributed by atoms with Gasteiger partial charge in [0.25, 0.3) is 0 Å². The molecule has 0 N–H and O–H groups in total. The van der Waals surface area contributed by atoms with Crippen molar-refractivity contribution in [2.45, 2.75) is 45.6 Å². The van der Waals surface area contributed by atoms with Crippen molar-refractivity contribution in [2.75, 3.05) is 44.2 Å². The summed E-state index contributed by atoms with van der Waals surface area (Å²) in [6, 6.07) is 18.9. The molecule has 7 nitrogen and oxygen atoms in total. The monoisotopic (exact) mass is 509 g/mol. The van der Waals surface area contributed by atoms with Crippen molar-refractivity contribution in [3.8, 4) is 5.69 Å². The number of piperazine rings is 1. The van der Waals surface area contributed by atoms with Gasteiger partial charge in [-0.25, -0.2) is 13.1 Å². The molecule has 0 unspecified atom stereocenters. The molecule has 36 heavy (non-hydrogen) atoms. The summed E-state index contributed by atoms with van der Waals surface area (Å²) in [6.07, 6.45) is 0.794. The number of aromatic nitrogens is 2. The molecule has 0 spiro atoms. The molecule has 0 amide bonds. The maximum Gasteiger partial charge on any atom is 0.243 e. The Morgan fingerprint density at radius 3 is 2.14 bits per heavy atom. The third-order valence-corrected chi connectivity index (χ3v) is 8.81. The molecule has 0 aliphatic carbocycles. The molecule has 2 heterocycles. The normalized spacial score (nSPS) is 15.2. The predicted molar refractivity (Wildman–Crippen MR) is 146 cm³/mol. The molecular formula is C28H39N5O2S. The Morgan fingerprint density at radius 1 is 0.944 bits per heavy atom. The summed E-state index contributed by atoms with van der Waals surface area (Å²) >= 11 is 0. The van der Waals surface area contributed by atoms with Gasteiger partial charge in [-0.15, -0.1) is 0 Å². The van der Waals surface area contributed by atoms with Crippen LogP contribution in [0, 0.1) is 12.8 Å². The fraction of sp³-hybridized carbons (Fsp3) is 0.464. The van der Waals surface area contributed by atoms with Crippen LogP contribution in [0.3, 0.4) is 0 Å². The number of rotatable bonds is 10. The molecule has 0 radical (unpaired) electrons. The highest BCUT2D eigenvalue weighted by molar-refractivity contribution is 7.89. The molecule has 0 atom stereocenters. The van der Waals surface area contributed by atoms with E-state index >= 15 is 0 Å². The summed E-state index contributed by atoms with van der Waals surface area (Å²) in [5, 5.41) is 4.94. The van der Waals surface area contributed by atoms with E-state index in [-0.39, 0.29) is 0 Å². The van der Waals surface area contributed by atoms with Gasteiger partial charge in [-0.3, -0.25) is 0 Å². The molecule has 1 aliphatic rings. The molecule has 0 saturated carbocycles. The Bertz CT molecular complexity index is 1220. The van der Waals surface area contributed by atoms with Gasteiger partial charge >= 0.3 is 0 Å². The number of benzene rings is 2. The molecular weight excluding hydrogens is 470 g/mol. The molecule has 8 heteroatoms. The Kier molecular flexibility index (Phi) is 8.49. The highest BCUT2D eigenvalue weighted by Crippen LogP contribution is 2.31. The fourth-order valence-electron chi connectivity index (χ4n) is 4.69. The molecule has 1 aromatic heterocycles. The van der Waals surface area contributed by atoms with Gasteiger partial charge in [0.2, 0.25) is 10.0 Å². The molecule has 3 aromatic rings. The number of sulfonamides is 1. The first kappa shape index (κ1) is 26.4. The Labute approximate surface area is 216 Å². The fourth-order valence-corrected chi connectivity index (χ4v) is 6.13. The van der Waals surface area contributed by atoms with E-state index in [1.807, 2.05) is 35.9 Å². The molecule has 4 rings (SSSR count). The lowest BCUT2D eigenvalue weighted by Crippen LogP contribution is -2.47. The standard InChI is InChI=1S/C28H39N5O2S/c1-5-30-18-20-31(21-19-30)28-27(24(4)29-33(28)25-12-8-6-9-13-25)22-32(17-16-23(2)3)36(34,35)26-14-10-7-11-15-26/h6-15,23H,5,16-22H2,1-4H3. The van der Waals surface area contributed by atoms with Crippen molar-refractivity contribution in [1.82, 2.24) is 19.0 Å². The van der Waals surface area contributed by atoms with E-state index in [4.69, 9.17) is 5.10 Å². The van der Waals surface area contributed by atoms with Gasteiger partial charge in [0.05, 0.1) is 16.3 Å². The van der Waals surface area contributed by atoms with Gasteiger partial charge < -0.3 is 9.80 Å². The number of likely N-dealkylation sites (N-methyl/N-ethyl adjacent to an activating group) is 1. The molecule has 1 saturated heterocycles. The molecule has 194 valence electrons. The van der Waals surface area contributed by atoms with E-state index in [1.54, 1.807) is 28.6 Å². The summed E-state index contributed by atoms with van der Waals surface area (Å²) in [5.41, 5.74) is 2.83. The van der Waals surface area contributed by atoms with E-state index < -0.39 is 10.0 Å². The van der Waals surface area contributed by atoms with Crippen LogP contribution in [0.25, 0.3) is 5.69 Å². The largest absolute Gasteiger partial charge is 0.354 e. The van der Waals surface area contributed by atoms with Crippen molar-refractivity contribution in [1.29, 1.82) is 0 Å². The summed E-state index contributed by atoms with van der Waals surface area (Å²) in [6.45, 7) is 14.0. The van der Waals surface area contributed by atoms with Crippen molar-refractivity contribution in [3.05, 3.63) is 71.9 Å². The second-order valence-electron chi connectivity index (χ2n) is 9.89. The molecule has 2 aromatic carbocycles. The van der Waals surface area contributed by atoms with E-state index in [2.05, 4.69) is 42.7 Å². The Balaban J connectivity index is 1.77. The number of hydrogen-bond donors (Lipinski definition) is 0. The van der Waals surface area contributed by atoms with E-state index in [1.165, 1.54) is 0 Å². The molecule has 1 fully saturated rings. The number of aryl methyl sites for hydroxylation is 1. The highest BCUT2D eigenvalue weighted by atomic mass is 32.2. The van der Waals surface area contributed by atoms with Crippen LogP contribution in [0.1, 0.15) is 38.4 Å². The first-order valence-corrected chi connectivity index (χ1v) is 14.4. The second-order valence-corrected chi connectivity index (χ2v) is 11.8. The van der Waals surface area contributed by atoms with Gasteiger partial charge in [0.1, 0.15) is 5.82 Å². The van der Waals surface area contributed by atoms with Gasteiger partial charge in [-0.05, 0) is 50.1 Å². The Hall–Kier alpha value is -2.68. The zero-order valence-electron chi connectivity index (χ0n) is 22.0. The summed E-state index contributed by atoms with van der Waals surface area (Å²) in [7, 11) is -3.66. The van der Waals surface area contributed by atoms with Crippen molar-refractivity contribution < 1.29 is 8.42 Å². The van der Waals surface area contributed by atoms with Crippen LogP contribution < -0.4 is 4.90 Å². The summed E-state index contributed by atoms with van der Waals surface area (Å²) in [4.78, 5) is 5.16. The maximum atomic E-state index is 13.8. The first-order valence-electron chi connectivity index (χ1n) is 13.0. The van der Waals surface area contributed by atoms with Crippen LogP contribution in [0.4, 0.5) is 5.82 Å². The third kappa shape index (κ3) is 5.82. The molecule has 0 bridgehead atoms. The summed E-state index contributed by atoms with van der Waals surface area (Å²) in [5.74, 6) is 1.40. The van der Waals surface area contributed by atoms with Crippen molar-refractivity contribution in [3.63, 3.8) is 0 Å². The Morgan fingerprint density at radius 2 is 1.56 bits per heavy atom. The van der Waals surface area contributed by atoms with Crippen molar-refractivity contribution >= 4 is 15.8 Å². The SMILES string of the molecule is CCN1CCN(c2c(CN(CCC(C)C)S(=O)(=O)c3ccccc3)c(C)nn2-c2ccccc2)CC1. The highest BCUT2D eigenvalue weighted by Gasteiger charge is 2.30. The average molecular weight is 510 g/mol. The van der Waals surface area contributed by atoms with Crippen LogP contribution in [-0.4, -0.2) is 66.7 Å². The van der Waals surface area contributed by atoms with Crippen LogP contribution >= 0.6 is 0 Å². The minimum atomic E-state index is -3.66. The lowest BCUT2D eigenvalue weighted by molar-refractivity contribution is 0.269. The van der Waals surface area contributed by atoms with Gasteiger partial charge in [0.15, 0.2) is 0 Å². The number of hydrogen-bond acceptors (Lipinski definition) is 5. The van der Waals surface area contributed by atoms with Gasteiger partial charge in [-0.2, -0.15) is 9.40 Å². The maximum absolute atomic E-state index is 13.8. The third-order valence-electron chi connectivity index (χ3n) is 6.95. The zero-order chi connectivity index (χ0) is 25.7. The van der Waals surface area contributed by atoms with Gasteiger partial charge in [-0.1, -0.05) is 57.2 Å². The predicted octanol–water partition coefficient (Wildman–Crippen LogP) is 4.56. The minimum Gasteiger partial charge on any atom is -0.354 e. The first-order chi connectivity index (χ1) is 17.3. The van der Waals surface area contributed by atoms with Crippen LogP contribution in [0.15, 0.2) is 65.6 Å². The van der Waals surface area contributed by atoms with E-state index in [0.29, 0.717) is 23.9 Å². The van der Waals surface area contributed by atoms with E-state index in [0.717, 1.165) is 61.9 Å². The quantitative estimate of drug-likeness (QED) is 0.401. The second kappa shape index (κ2) is 11.6. The average Bonchev–Trinajstić information content (AvgIpc) is 3.23.